The monoisotopic (exact) mass is 383 g/mol. The Morgan fingerprint density at radius 3 is 2.68 bits per heavy atom. The van der Waals surface area contributed by atoms with Crippen molar-refractivity contribution >= 4 is 21.4 Å². The highest BCUT2D eigenvalue weighted by molar-refractivity contribution is 7.91. The fourth-order valence-electron chi connectivity index (χ4n) is 2.81. The molecule has 134 valence electrons. The van der Waals surface area contributed by atoms with Crippen LogP contribution in [0.3, 0.4) is 0 Å². The van der Waals surface area contributed by atoms with Gasteiger partial charge in [-0.15, -0.1) is 0 Å². The van der Waals surface area contributed by atoms with Gasteiger partial charge in [0.25, 0.3) is 0 Å². The second-order valence-electron chi connectivity index (χ2n) is 5.97. The molecule has 0 spiro atoms. The largest absolute Gasteiger partial charge is 0.371 e. The maximum atomic E-state index is 13.3. The number of ether oxygens (including phenoxy) is 1. The summed E-state index contributed by atoms with van der Waals surface area (Å²) >= 11 is 5.83. The normalized spacial score (nSPS) is 19.0. The third kappa shape index (κ3) is 4.58. The van der Waals surface area contributed by atoms with Crippen LogP contribution in [0.25, 0.3) is 0 Å². The van der Waals surface area contributed by atoms with Gasteiger partial charge in [0.2, 0.25) is 0 Å². The second kappa shape index (κ2) is 7.83. The number of nitrogens with zero attached hydrogens (tertiary/aromatic N) is 1. The van der Waals surface area contributed by atoms with E-state index in [0.29, 0.717) is 31.1 Å². The van der Waals surface area contributed by atoms with Crippen molar-refractivity contribution in [3.63, 3.8) is 0 Å². The van der Waals surface area contributed by atoms with Crippen molar-refractivity contribution in [1.29, 1.82) is 0 Å². The molecule has 0 bridgehead atoms. The summed E-state index contributed by atoms with van der Waals surface area (Å²) < 4.78 is 43.8. The van der Waals surface area contributed by atoms with Crippen LogP contribution < -0.4 is 0 Å². The number of hydrogen-bond donors (Lipinski definition) is 0. The molecule has 0 saturated carbocycles. The van der Waals surface area contributed by atoms with Gasteiger partial charge >= 0.3 is 0 Å². The van der Waals surface area contributed by atoms with Crippen molar-refractivity contribution in [1.82, 2.24) is 4.90 Å². The van der Waals surface area contributed by atoms with Gasteiger partial charge in [0, 0.05) is 19.6 Å². The van der Waals surface area contributed by atoms with Crippen LogP contribution >= 0.6 is 11.6 Å². The summed E-state index contributed by atoms with van der Waals surface area (Å²) in [5.41, 5.74) is 0.794. The molecule has 0 amide bonds. The Kier molecular flexibility index (Phi) is 5.74. The van der Waals surface area contributed by atoms with Gasteiger partial charge in [0.1, 0.15) is 5.82 Å². The van der Waals surface area contributed by atoms with Crippen molar-refractivity contribution in [3.05, 3.63) is 64.9 Å². The molecule has 1 saturated heterocycles. The highest BCUT2D eigenvalue weighted by Gasteiger charge is 2.24. The predicted octanol–water partition coefficient (Wildman–Crippen LogP) is 3.33. The Bertz CT molecular complexity index is 829. The second-order valence-corrected chi connectivity index (χ2v) is 8.48. The third-order valence-corrected chi connectivity index (χ3v) is 6.24. The number of morpholine rings is 1. The van der Waals surface area contributed by atoms with Gasteiger partial charge in [-0.3, -0.25) is 4.90 Å². The first kappa shape index (κ1) is 18.3. The maximum Gasteiger partial charge on any atom is 0.179 e. The average Bonchev–Trinajstić information content (AvgIpc) is 2.63. The van der Waals surface area contributed by atoms with Crippen molar-refractivity contribution in [2.75, 3.05) is 32.0 Å². The standard InChI is InChI=1S/C18H19ClFNO3S/c19-16-12-14(6-7-17(16)20)18-13-21(8-10-24-18)9-11-25(22,23)15-4-2-1-3-5-15/h1-7,12,18H,8-11,13H2/t18-/m0/s1. The first-order chi connectivity index (χ1) is 12.0. The zero-order chi connectivity index (χ0) is 17.9. The highest BCUT2D eigenvalue weighted by Crippen LogP contribution is 2.26. The summed E-state index contributed by atoms with van der Waals surface area (Å²) in [6.07, 6.45) is -0.244. The van der Waals surface area contributed by atoms with Crippen molar-refractivity contribution in [2.45, 2.75) is 11.0 Å². The van der Waals surface area contributed by atoms with Crippen LogP contribution in [0.15, 0.2) is 53.4 Å². The lowest BCUT2D eigenvalue weighted by molar-refractivity contribution is -0.0279. The quantitative estimate of drug-likeness (QED) is 0.794. The molecule has 0 aromatic heterocycles. The molecule has 3 rings (SSSR count). The zero-order valence-electron chi connectivity index (χ0n) is 13.6. The minimum absolute atomic E-state index is 0.0495. The summed E-state index contributed by atoms with van der Waals surface area (Å²) in [5.74, 6) is -0.416. The van der Waals surface area contributed by atoms with Gasteiger partial charge < -0.3 is 4.74 Å². The summed E-state index contributed by atoms with van der Waals surface area (Å²) in [7, 11) is -3.31. The van der Waals surface area contributed by atoms with Crippen molar-refractivity contribution < 1.29 is 17.5 Å². The summed E-state index contributed by atoms with van der Waals surface area (Å²) in [5, 5.41) is 0.0601. The fraction of sp³-hybridized carbons (Fsp3) is 0.333. The molecule has 0 aliphatic carbocycles. The van der Waals surface area contributed by atoms with E-state index in [1.807, 2.05) is 4.90 Å². The average molecular weight is 384 g/mol. The lowest BCUT2D eigenvalue weighted by Crippen LogP contribution is -2.40. The summed E-state index contributed by atoms with van der Waals surface area (Å²) in [6.45, 7) is 2.12. The Morgan fingerprint density at radius 2 is 1.96 bits per heavy atom. The van der Waals surface area contributed by atoms with Crippen LogP contribution in [0, 0.1) is 5.82 Å². The van der Waals surface area contributed by atoms with Crippen molar-refractivity contribution in [2.24, 2.45) is 0 Å². The molecule has 1 heterocycles. The van der Waals surface area contributed by atoms with Crippen LogP contribution in [0.1, 0.15) is 11.7 Å². The Morgan fingerprint density at radius 1 is 1.20 bits per heavy atom. The maximum absolute atomic E-state index is 13.3. The molecule has 4 nitrogen and oxygen atoms in total. The number of hydrogen-bond acceptors (Lipinski definition) is 4. The van der Waals surface area contributed by atoms with E-state index in [9.17, 15) is 12.8 Å². The summed E-state index contributed by atoms with van der Waals surface area (Å²) in [4.78, 5) is 2.39. The predicted molar refractivity (Wildman–Crippen MR) is 95.0 cm³/mol. The molecule has 0 N–H and O–H groups in total. The van der Waals surface area contributed by atoms with Gasteiger partial charge in [-0.2, -0.15) is 0 Å². The van der Waals surface area contributed by atoms with Crippen LogP contribution in [0.5, 0.6) is 0 Å². The van der Waals surface area contributed by atoms with E-state index >= 15 is 0 Å². The van der Waals surface area contributed by atoms with Gasteiger partial charge in [0.05, 0.1) is 28.4 Å². The first-order valence-corrected chi connectivity index (χ1v) is 10.1. The molecule has 1 aliphatic rings. The minimum Gasteiger partial charge on any atom is -0.371 e. The van der Waals surface area contributed by atoms with Gasteiger partial charge in [0.15, 0.2) is 9.84 Å². The zero-order valence-corrected chi connectivity index (χ0v) is 15.1. The van der Waals surface area contributed by atoms with Gasteiger partial charge in [-0.05, 0) is 29.8 Å². The number of rotatable bonds is 5. The molecule has 2 aromatic rings. The van der Waals surface area contributed by atoms with Crippen molar-refractivity contribution in [3.8, 4) is 0 Å². The molecule has 1 aliphatic heterocycles. The molecule has 2 aromatic carbocycles. The molecule has 1 atom stereocenters. The number of halogens is 2. The van der Waals surface area contributed by atoms with Crippen LogP contribution in [-0.2, 0) is 14.6 Å². The van der Waals surface area contributed by atoms with E-state index in [4.69, 9.17) is 16.3 Å². The SMILES string of the molecule is O=S(=O)(CCN1CCO[C@H](c2ccc(F)c(Cl)c2)C1)c1ccccc1. The lowest BCUT2D eigenvalue weighted by Gasteiger charge is -2.33. The van der Waals surface area contributed by atoms with Crippen LogP contribution in [-0.4, -0.2) is 45.3 Å². The number of sulfone groups is 1. The van der Waals surface area contributed by atoms with Crippen LogP contribution in [0.2, 0.25) is 5.02 Å². The molecule has 7 heteroatoms. The Labute approximate surface area is 152 Å². The molecule has 25 heavy (non-hydrogen) atoms. The molecule has 0 radical (unpaired) electrons. The van der Waals surface area contributed by atoms with Crippen LogP contribution in [0.4, 0.5) is 4.39 Å². The van der Waals surface area contributed by atoms with Gasteiger partial charge in [-0.25, -0.2) is 12.8 Å². The van der Waals surface area contributed by atoms with Gasteiger partial charge in [-0.1, -0.05) is 35.9 Å². The topological polar surface area (TPSA) is 46.6 Å². The molecular formula is C18H19ClFNO3S. The van der Waals surface area contributed by atoms with E-state index in [1.54, 1.807) is 42.5 Å². The number of benzene rings is 2. The third-order valence-electron chi connectivity index (χ3n) is 4.24. The lowest BCUT2D eigenvalue weighted by atomic mass is 10.1. The smallest absolute Gasteiger partial charge is 0.179 e. The van der Waals surface area contributed by atoms with E-state index < -0.39 is 15.7 Å². The minimum atomic E-state index is -3.31. The van der Waals surface area contributed by atoms with E-state index in [0.717, 1.165) is 5.56 Å². The Hall–Kier alpha value is -1.47. The molecular weight excluding hydrogens is 365 g/mol. The van der Waals surface area contributed by atoms with E-state index in [2.05, 4.69) is 0 Å². The molecule has 1 fully saturated rings. The molecule has 0 unspecified atom stereocenters. The first-order valence-electron chi connectivity index (χ1n) is 8.02. The van der Waals surface area contributed by atoms with E-state index in [1.165, 1.54) is 6.07 Å². The Balaban J connectivity index is 1.63. The fourth-order valence-corrected chi connectivity index (χ4v) is 4.31. The highest BCUT2D eigenvalue weighted by atomic mass is 35.5. The summed E-state index contributed by atoms with van der Waals surface area (Å²) in [6, 6.07) is 13.0. The van der Waals surface area contributed by atoms with E-state index in [-0.39, 0.29) is 16.9 Å².